The lowest BCUT2D eigenvalue weighted by Gasteiger charge is -2.23. The quantitative estimate of drug-likeness (QED) is 0.471. The molecule has 0 spiro atoms. The topological polar surface area (TPSA) is 51.7 Å². The summed E-state index contributed by atoms with van der Waals surface area (Å²) in [6.45, 7) is 5.47. The first-order valence-corrected chi connectivity index (χ1v) is 11.4. The number of benzene rings is 2. The molecule has 0 aliphatic carbocycles. The van der Waals surface area contributed by atoms with Crippen molar-refractivity contribution in [2.75, 3.05) is 24.7 Å². The van der Waals surface area contributed by atoms with Gasteiger partial charge in [-0.25, -0.2) is 4.98 Å². The van der Waals surface area contributed by atoms with Crippen molar-refractivity contribution in [3.8, 4) is 5.75 Å². The molecule has 158 valence electrons. The Morgan fingerprint density at radius 2 is 2.10 bits per heavy atom. The maximum atomic E-state index is 13.2. The Labute approximate surface area is 185 Å². The summed E-state index contributed by atoms with van der Waals surface area (Å²) in [5, 5.41) is 1.32. The van der Waals surface area contributed by atoms with Gasteiger partial charge in [-0.05, 0) is 54.7 Å². The largest absolute Gasteiger partial charge is 0.484 e. The predicted octanol–water partition coefficient (Wildman–Crippen LogP) is 5.66. The lowest BCUT2D eigenvalue weighted by Crippen LogP contribution is -2.40. The van der Waals surface area contributed by atoms with Gasteiger partial charge in [0.2, 0.25) is 0 Å². The number of para-hydroxylation sites is 1. The highest BCUT2D eigenvalue weighted by molar-refractivity contribution is 7.22. The fourth-order valence-corrected chi connectivity index (χ4v) is 4.72. The number of rotatable bonds is 7. The number of nitrogens with zero attached hydrogens (tertiary/aromatic N) is 2. The Balaban J connectivity index is 1.58. The van der Waals surface area contributed by atoms with E-state index in [1.807, 2.05) is 0 Å². The van der Waals surface area contributed by atoms with Crippen molar-refractivity contribution in [1.82, 2.24) is 4.98 Å². The van der Waals surface area contributed by atoms with Crippen molar-refractivity contribution < 1.29 is 14.3 Å². The van der Waals surface area contributed by atoms with Gasteiger partial charge in [0.15, 0.2) is 11.7 Å². The minimum atomic E-state index is -0.134. The first-order valence-electron chi connectivity index (χ1n) is 10.2. The van der Waals surface area contributed by atoms with Gasteiger partial charge in [0.1, 0.15) is 5.75 Å². The van der Waals surface area contributed by atoms with E-state index in [9.17, 15) is 4.79 Å². The number of carbonyl (C=O) groups excluding carboxylic acids is 1. The van der Waals surface area contributed by atoms with Crippen LogP contribution in [-0.2, 0) is 9.53 Å². The van der Waals surface area contributed by atoms with Crippen molar-refractivity contribution in [3.63, 3.8) is 0 Å². The molecule has 1 unspecified atom stereocenters. The van der Waals surface area contributed by atoms with Crippen molar-refractivity contribution >= 4 is 44.2 Å². The van der Waals surface area contributed by atoms with E-state index in [2.05, 4.69) is 32.0 Å². The van der Waals surface area contributed by atoms with Gasteiger partial charge in [0.25, 0.3) is 5.91 Å². The van der Waals surface area contributed by atoms with Crippen molar-refractivity contribution in [2.45, 2.75) is 38.7 Å². The average molecular weight is 445 g/mol. The molecule has 0 N–H and O–H groups in total. The minimum absolute atomic E-state index is 0.0288. The van der Waals surface area contributed by atoms with E-state index >= 15 is 0 Å². The van der Waals surface area contributed by atoms with Gasteiger partial charge >= 0.3 is 0 Å². The summed E-state index contributed by atoms with van der Waals surface area (Å²) in [7, 11) is 0. The molecule has 4 rings (SSSR count). The molecule has 0 saturated carbocycles. The second-order valence-electron chi connectivity index (χ2n) is 7.73. The fourth-order valence-electron chi connectivity index (χ4n) is 3.57. The molecule has 5 nitrogen and oxygen atoms in total. The highest BCUT2D eigenvalue weighted by atomic mass is 35.5. The minimum Gasteiger partial charge on any atom is -0.484 e. The van der Waals surface area contributed by atoms with Crippen LogP contribution in [0.25, 0.3) is 10.2 Å². The van der Waals surface area contributed by atoms with Gasteiger partial charge in [0.05, 0.1) is 22.9 Å². The first-order chi connectivity index (χ1) is 14.5. The van der Waals surface area contributed by atoms with Crippen LogP contribution in [0.1, 0.15) is 38.2 Å². The smallest absolute Gasteiger partial charge is 0.266 e. The van der Waals surface area contributed by atoms with Crippen LogP contribution in [-0.4, -0.2) is 36.8 Å². The summed E-state index contributed by atoms with van der Waals surface area (Å²) in [6, 6.07) is 13.2. The maximum absolute atomic E-state index is 13.2. The van der Waals surface area contributed by atoms with Crippen molar-refractivity contribution in [3.05, 3.63) is 53.1 Å². The van der Waals surface area contributed by atoms with Gasteiger partial charge < -0.3 is 9.47 Å². The third kappa shape index (κ3) is 4.77. The Bertz CT molecular complexity index is 1010. The predicted molar refractivity (Wildman–Crippen MR) is 122 cm³/mol. The Morgan fingerprint density at radius 1 is 1.30 bits per heavy atom. The first kappa shape index (κ1) is 21.1. The molecule has 30 heavy (non-hydrogen) atoms. The van der Waals surface area contributed by atoms with E-state index in [1.165, 1.54) is 16.9 Å². The second-order valence-corrected chi connectivity index (χ2v) is 9.17. The van der Waals surface area contributed by atoms with Crippen LogP contribution >= 0.6 is 22.9 Å². The SMILES string of the molecule is CC(C)c1cccc2sc(N(CC3CCCO3)C(=O)COc3ccc(Cl)cc3)nc12. The molecule has 0 radical (unpaired) electrons. The number of amides is 1. The molecule has 1 aliphatic heterocycles. The van der Waals surface area contributed by atoms with Gasteiger partial charge in [-0.15, -0.1) is 0 Å². The summed E-state index contributed by atoms with van der Waals surface area (Å²) in [5.41, 5.74) is 2.16. The number of aromatic nitrogens is 1. The lowest BCUT2D eigenvalue weighted by atomic mass is 10.0. The Morgan fingerprint density at radius 3 is 2.80 bits per heavy atom. The fraction of sp³-hybridized carbons (Fsp3) is 0.391. The monoisotopic (exact) mass is 444 g/mol. The van der Waals surface area contributed by atoms with Crippen LogP contribution in [0, 0.1) is 0 Å². The number of hydrogen-bond acceptors (Lipinski definition) is 5. The molecule has 2 aromatic carbocycles. The number of carbonyl (C=O) groups is 1. The zero-order valence-electron chi connectivity index (χ0n) is 17.1. The van der Waals surface area contributed by atoms with Crippen LogP contribution in [0.2, 0.25) is 5.02 Å². The highest BCUT2D eigenvalue weighted by Crippen LogP contribution is 2.34. The van der Waals surface area contributed by atoms with E-state index in [4.69, 9.17) is 26.1 Å². The van der Waals surface area contributed by atoms with Gasteiger partial charge in [-0.1, -0.05) is 48.9 Å². The zero-order chi connectivity index (χ0) is 21.1. The Hall–Kier alpha value is -2.15. The molecule has 7 heteroatoms. The van der Waals surface area contributed by atoms with E-state index in [0.717, 1.165) is 29.7 Å². The molecule has 1 aliphatic rings. The van der Waals surface area contributed by atoms with Crippen molar-refractivity contribution in [2.24, 2.45) is 0 Å². The normalized spacial score (nSPS) is 16.3. The molecule has 0 bridgehead atoms. The van der Waals surface area contributed by atoms with Gasteiger partial charge in [-0.2, -0.15) is 0 Å². The summed E-state index contributed by atoms with van der Waals surface area (Å²) in [6.07, 6.45) is 2.00. The molecule has 1 saturated heterocycles. The third-order valence-electron chi connectivity index (χ3n) is 5.18. The van der Waals surface area contributed by atoms with E-state index in [0.29, 0.717) is 28.4 Å². The number of ether oxygens (including phenoxy) is 2. The molecule has 2 heterocycles. The molecule has 3 aromatic rings. The highest BCUT2D eigenvalue weighted by Gasteiger charge is 2.27. The van der Waals surface area contributed by atoms with E-state index < -0.39 is 0 Å². The maximum Gasteiger partial charge on any atom is 0.266 e. The van der Waals surface area contributed by atoms with Crippen LogP contribution in [0.4, 0.5) is 5.13 Å². The molecule has 1 fully saturated rings. The average Bonchev–Trinajstić information content (AvgIpc) is 3.40. The zero-order valence-corrected chi connectivity index (χ0v) is 18.7. The number of anilines is 1. The number of thiazole rings is 1. The van der Waals surface area contributed by atoms with Crippen LogP contribution in [0.3, 0.4) is 0 Å². The molecular weight excluding hydrogens is 420 g/mol. The van der Waals surface area contributed by atoms with Crippen LogP contribution in [0.5, 0.6) is 5.75 Å². The molecule has 1 atom stereocenters. The summed E-state index contributed by atoms with van der Waals surface area (Å²) < 4.78 is 12.6. The van der Waals surface area contributed by atoms with Gasteiger partial charge in [-0.3, -0.25) is 9.69 Å². The standard InChI is InChI=1S/C23H25ClN2O3S/c1-15(2)19-6-3-7-20-22(19)25-23(30-20)26(13-18-5-4-12-28-18)21(27)14-29-17-10-8-16(24)9-11-17/h3,6-11,15,18H,4-5,12-14H2,1-2H3. The van der Waals surface area contributed by atoms with E-state index in [-0.39, 0.29) is 18.6 Å². The molecule has 1 aromatic heterocycles. The Kier molecular flexibility index (Phi) is 6.56. The summed E-state index contributed by atoms with van der Waals surface area (Å²) >= 11 is 7.46. The van der Waals surface area contributed by atoms with Crippen LogP contribution < -0.4 is 9.64 Å². The lowest BCUT2D eigenvalue weighted by molar-refractivity contribution is -0.120. The van der Waals surface area contributed by atoms with Crippen LogP contribution in [0.15, 0.2) is 42.5 Å². The summed E-state index contributed by atoms with van der Waals surface area (Å²) in [4.78, 5) is 19.7. The molecular formula is C23H25ClN2O3S. The third-order valence-corrected chi connectivity index (χ3v) is 6.47. The number of hydrogen-bond donors (Lipinski definition) is 0. The summed E-state index contributed by atoms with van der Waals surface area (Å²) in [5.74, 6) is 0.834. The number of fused-ring (bicyclic) bond motifs is 1. The van der Waals surface area contributed by atoms with Crippen molar-refractivity contribution in [1.29, 1.82) is 0 Å². The second kappa shape index (κ2) is 9.33. The van der Waals surface area contributed by atoms with E-state index in [1.54, 1.807) is 29.2 Å². The van der Waals surface area contributed by atoms with Gasteiger partial charge in [0, 0.05) is 11.6 Å². The number of halogens is 1. The molecule has 1 amide bonds.